The Bertz CT molecular complexity index is 543. The molecule has 0 aliphatic carbocycles. The van der Waals surface area contributed by atoms with E-state index < -0.39 is 0 Å². The van der Waals surface area contributed by atoms with Crippen molar-refractivity contribution >= 4 is 42.8 Å². The van der Waals surface area contributed by atoms with Gasteiger partial charge in [0.25, 0.3) is 0 Å². The predicted octanol–water partition coefficient (Wildman–Crippen LogP) is 3.78. The fraction of sp³-hybridized carbons (Fsp3) is 0.182. The van der Waals surface area contributed by atoms with Crippen LogP contribution in [0, 0.1) is 0 Å². The van der Waals surface area contributed by atoms with Gasteiger partial charge in [0.15, 0.2) is 0 Å². The average molecular weight is 347 g/mol. The molecule has 1 aromatic heterocycles. The Labute approximate surface area is 110 Å². The zero-order chi connectivity index (χ0) is 11.7. The number of halogens is 2. The van der Waals surface area contributed by atoms with E-state index in [0.717, 1.165) is 25.6 Å². The Morgan fingerprint density at radius 2 is 1.75 bits per heavy atom. The van der Waals surface area contributed by atoms with Crippen LogP contribution in [0.4, 0.5) is 0 Å². The van der Waals surface area contributed by atoms with Crippen molar-refractivity contribution in [1.29, 1.82) is 0 Å². The Hall–Kier alpha value is -0.810. The Balaban J connectivity index is 2.85. The maximum absolute atomic E-state index is 5.29. The van der Waals surface area contributed by atoms with Gasteiger partial charge < -0.3 is 9.47 Å². The maximum atomic E-state index is 5.29. The van der Waals surface area contributed by atoms with Crippen molar-refractivity contribution in [3.63, 3.8) is 0 Å². The topological polar surface area (TPSA) is 31.4 Å². The predicted molar refractivity (Wildman–Crippen MR) is 70.2 cm³/mol. The summed E-state index contributed by atoms with van der Waals surface area (Å²) >= 11 is 6.89. The molecule has 1 aromatic carbocycles. The molecular formula is C11H9Br2NO2. The molecule has 5 heteroatoms. The molecule has 0 N–H and O–H groups in total. The average Bonchev–Trinajstić information content (AvgIpc) is 2.30. The monoisotopic (exact) mass is 345 g/mol. The molecule has 0 saturated heterocycles. The number of benzene rings is 1. The second-order valence-corrected chi connectivity index (χ2v) is 4.85. The Morgan fingerprint density at radius 1 is 1.06 bits per heavy atom. The number of rotatable bonds is 2. The summed E-state index contributed by atoms with van der Waals surface area (Å²) in [5.74, 6) is 1.42. The van der Waals surface area contributed by atoms with E-state index in [4.69, 9.17) is 9.47 Å². The van der Waals surface area contributed by atoms with Gasteiger partial charge in [0.1, 0.15) is 17.0 Å². The molecule has 0 spiro atoms. The normalized spacial score (nSPS) is 10.5. The zero-order valence-electron chi connectivity index (χ0n) is 8.75. The van der Waals surface area contributed by atoms with Crippen LogP contribution in [0.15, 0.2) is 27.3 Å². The van der Waals surface area contributed by atoms with Crippen LogP contribution in [-0.2, 0) is 0 Å². The first-order chi connectivity index (χ1) is 7.67. The van der Waals surface area contributed by atoms with Gasteiger partial charge in [-0.3, -0.25) is 4.98 Å². The van der Waals surface area contributed by atoms with Crippen LogP contribution < -0.4 is 9.47 Å². The van der Waals surface area contributed by atoms with Crippen molar-refractivity contribution in [3.05, 3.63) is 27.3 Å². The number of nitrogens with zero attached hydrogens (tertiary/aromatic N) is 1. The van der Waals surface area contributed by atoms with Crippen molar-refractivity contribution in [2.24, 2.45) is 0 Å². The molecule has 0 unspecified atom stereocenters. The molecule has 0 fully saturated rings. The first kappa shape index (κ1) is 11.7. The molecule has 2 rings (SSSR count). The summed E-state index contributed by atoms with van der Waals surface area (Å²) in [5.41, 5.74) is 0.804. The number of hydrogen-bond acceptors (Lipinski definition) is 3. The molecule has 84 valence electrons. The smallest absolute Gasteiger partial charge is 0.148 e. The van der Waals surface area contributed by atoms with Gasteiger partial charge in [-0.05, 0) is 37.9 Å². The van der Waals surface area contributed by atoms with E-state index in [1.807, 2.05) is 12.1 Å². The summed E-state index contributed by atoms with van der Waals surface area (Å²) in [6.45, 7) is 0. The summed E-state index contributed by atoms with van der Waals surface area (Å²) in [6, 6.07) is 3.78. The third-order valence-corrected chi connectivity index (χ3v) is 3.49. The molecule has 0 amide bonds. The first-order valence-corrected chi connectivity index (χ1v) is 6.11. The number of aromatic nitrogens is 1. The summed E-state index contributed by atoms with van der Waals surface area (Å²) < 4.78 is 12.3. The third kappa shape index (κ3) is 1.89. The van der Waals surface area contributed by atoms with Crippen molar-refractivity contribution in [2.75, 3.05) is 14.2 Å². The van der Waals surface area contributed by atoms with Crippen LogP contribution in [-0.4, -0.2) is 19.2 Å². The summed E-state index contributed by atoms with van der Waals surface area (Å²) in [5, 5.41) is 0.950. The van der Waals surface area contributed by atoms with E-state index in [9.17, 15) is 0 Å². The molecule has 2 aromatic rings. The lowest BCUT2D eigenvalue weighted by atomic mass is 10.2. The lowest BCUT2D eigenvalue weighted by molar-refractivity contribution is 0.395. The standard InChI is InChI=1S/C11H9Br2NO2/c1-15-8-4-9(16-2)11-7(10(8)13)3-6(12)5-14-11/h3-5H,1-2H3. The Kier molecular flexibility index (Phi) is 3.35. The van der Waals surface area contributed by atoms with Gasteiger partial charge in [0.05, 0.1) is 18.7 Å². The van der Waals surface area contributed by atoms with E-state index in [1.165, 1.54) is 0 Å². The summed E-state index contributed by atoms with van der Waals surface area (Å²) in [7, 11) is 3.24. The molecular weight excluding hydrogens is 338 g/mol. The van der Waals surface area contributed by atoms with E-state index >= 15 is 0 Å². The number of pyridine rings is 1. The van der Waals surface area contributed by atoms with Gasteiger partial charge in [-0.25, -0.2) is 0 Å². The molecule has 1 heterocycles. The molecule has 0 saturated carbocycles. The SMILES string of the molecule is COc1cc(OC)c2ncc(Br)cc2c1Br. The lowest BCUT2D eigenvalue weighted by Gasteiger charge is -2.10. The highest BCUT2D eigenvalue weighted by atomic mass is 79.9. The molecule has 0 bridgehead atoms. The van der Waals surface area contributed by atoms with Crippen LogP contribution >= 0.6 is 31.9 Å². The second-order valence-electron chi connectivity index (χ2n) is 3.14. The lowest BCUT2D eigenvalue weighted by Crippen LogP contribution is -1.92. The molecule has 0 radical (unpaired) electrons. The zero-order valence-corrected chi connectivity index (χ0v) is 11.9. The molecule has 3 nitrogen and oxygen atoms in total. The highest BCUT2D eigenvalue weighted by Gasteiger charge is 2.12. The van der Waals surface area contributed by atoms with Gasteiger partial charge in [-0.2, -0.15) is 0 Å². The number of ether oxygens (including phenoxy) is 2. The van der Waals surface area contributed by atoms with Gasteiger partial charge in [0.2, 0.25) is 0 Å². The minimum Gasteiger partial charge on any atom is -0.495 e. The first-order valence-electron chi connectivity index (χ1n) is 4.53. The molecule has 0 atom stereocenters. The molecule has 0 aliphatic heterocycles. The number of hydrogen-bond donors (Lipinski definition) is 0. The largest absolute Gasteiger partial charge is 0.495 e. The van der Waals surface area contributed by atoms with Gasteiger partial charge in [-0.1, -0.05) is 0 Å². The minimum atomic E-state index is 0.697. The number of methoxy groups -OCH3 is 2. The van der Waals surface area contributed by atoms with Crippen molar-refractivity contribution < 1.29 is 9.47 Å². The van der Waals surface area contributed by atoms with Crippen LogP contribution in [0.5, 0.6) is 11.5 Å². The third-order valence-electron chi connectivity index (χ3n) is 2.24. The van der Waals surface area contributed by atoms with Crippen molar-refractivity contribution in [3.8, 4) is 11.5 Å². The van der Waals surface area contributed by atoms with Crippen molar-refractivity contribution in [2.45, 2.75) is 0 Å². The van der Waals surface area contributed by atoms with Gasteiger partial charge in [-0.15, -0.1) is 0 Å². The summed E-state index contributed by atoms with van der Waals surface area (Å²) in [4.78, 5) is 4.33. The summed E-state index contributed by atoms with van der Waals surface area (Å²) in [6.07, 6.45) is 1.74. The van der Waals surface area contributed by atoms with E-state index in [2.05, 4.69) is 36.8 Å². The molecule has 0 aliphatic rings. The fourth-order valence-electron chi connectivity index (χ4n) is 1.49. The van der Waals surface area contributed by atoms with Gasteiger partial charge >= 0.3 is 0 Å². The van der Waals surface area contributed by atoms with E-state index in [-0.39, 0.29) is 0 Å². The number of fused-ring (bicyclic) bond motifs is 1. The quantitative estimate of drug-likeness (QED) is 0.829. The van der Waals surface area contributed by atoms with Crippen LogP contribution in [0.3, 0.4) is 0 Å². The Morgan fingerprint density at radius 3 is 2.38 bits per heavy atom. The van der Waals surface area contributed by atoms with E-state index in [0.29, 0.717) is 5.75 Å². The second kappa shape index (κ2) is 4.59. The van der Waals surface area contributed by atoms with Crippen LogP contribution in [0.1, 0.15) is 0 Å². The van der Waals surface area contributed by atoms with Crippen LogP contribution in [0.2, 0.25) is 0 Å². The highest BCUT2D eigenvalue weighted by molar-refractivity contribution is 9.11. The van der Waals surface area contributed by atoms with Crippen LogP contribution in [0.25, 0.3) is 10.9 Å². The van der Waals surface area contributed by atoms with Gasteiger partial charge in [0, 0.05) is 22.1 Å². The minimum absolute atomic E-state index is 0.697. The maximum Gasteiger partial charge on any atom is 0.148 e. The molecule has 16 heavy (non-hydrogen) atoms. The van der Waals surface area contributed by atoms with Crippen molar-refractivity contribution in [1.82, 2.24) is 4.98 Å². The van der Waals surface area contributed by atoms with E-state index in [1.54, 1.807) is 20.4 Å². The highest BCUT2D eigenvalue weighted by Crippen LogP contribution is 2.39. The fourth-order valence-corrected chi connectivity index (χ4v) is 2.40.